The zero-order chi connectivity index (χ0) is 13.8. The van der Waals surface area contributed by atoms with E-state index in [0.29, 0.717) is 28.0 Å². The average Bonchev–Trinajstić information content (AvgIpc) is 2.34. The quantitative estimate of drug-likeness (QED) is 0.823. The third-order valence-corrected chi connectivity index (χ3v) is 3.33. The van der Waals surface area contributed by atoms with E-state index < -0.39 is 0 Å². The van der Waals surface area contributed by atoms with Crippen molar-refractivity contribution in [3.63, 3.8) is 0 Å². The van der Waals surface area contributed by atoms with Gasteiger partial charge in [-0.25, -0.2) is 4.39 Å². The number of nitrogens with two attached hydrogens (primary N) is 1. The predicted octanol–water partition coefficient (Wildman–Crippen LogP) is 4.37. The van der Waals surface area contributed by atoms with Crippen molar-refractivity contribution in [2.75, 3.05) is 17.6 Å². The van der Waals surface area contributed by atoms with Crippen molar-refractivity contribution in [3.05, 3.63) is 57.8 Å². The molecule has 0 fully saturated rings. The molecule has 5 heteroatoms. The zero-order valence-electron chi connectivity index (χ0n) is 10.1. The third-order valence-electron chi connectivity index (χ3n) is 2.74. The SMILES string of the molecule is Nc1cc(F)ccc1NCCc1ccc(Cl)cc1Cl. The van der Waals surface area contributed by atoms with E-state index in [-0.39, 0.29) is 5.82 Å². The molecule has 19 heavy (non-hydrogen) atoms. The van der Waals surface area contributed by atoms with E-state index in [0.717, 1.165) is 12.0 Å². The van der Waals surface area contributed by atoms with Crippen molar-refractivity contribution in [1.82, 2.24) is 0 Å². The number of halogens is 3. The minimum atomic E-state index is -0.344. The lowest BCUT2D eigenvalue weighted by atomic mass is 10.1. The lowest BCUT2D eigenvalue weighted by Crippen LogP contribution is -2.07. The van der Waals surface area contributed by atoms with Crippen LogP contribution in [0, 0.1) is 5.82 Å². The standard InChI is InChI=1S/C14H13Cl2FN2/c15-10-2-1-9(12(16)7-10)5-6-19-14-4-3-11(17)8-13(14)18/h1-4,7-8,19H,5-6,18H2. The topological polar surface area (TPSA) is 38.0 Å². The van der Waals surface area contributed by atoms with Crippen molar-refractivity contribution < 1.29 is 4.39 Å². The van der Waals surface area contributed by atoms with Gasteiger partial charge in [0.15, 0.2) is 0 Å². The van der Waals surface area contributed by atoms with Gasteiger partial charge in [0.25, 0.3) is 0 Å². The smallest absolute Gasteiger partial charge is 0.125 e. The zero-order valence-corrected chi connectivity index (χ0v) is 11.6. The summed E-state index contributed by atoms with van der Waals surface area (Å²) < 4.78 is 12.9. The monoisotopic (exact) mass is 298 g/mol. The van der Waals surface area contributed by atoms with E-state index in [2.05, 4.69) is 5.32 Å². The molecule has 0 aliphatic rings. The summed E-state index contributed by atoms with van der Waals surface area (Å²) in [5, 5.41) is 4.40. The molecule has 2 rings (SSSR count). The normalized spacial score (nSPS) is 10.5. The second-order valence-corrected chi connectivity index (χ2v) is 4.99. The predicted molar refractivity (Wildman–Crippen MR) is 79.5 cm³/mol. The molecule has 0 atom stereocenters. The molecule has 0 unspecified atom stereocenters. The van der Waals surface area contributed by atoms with E-state index in [1.807, 2.05) is 6.07 Å². The molecule has 0 aliphatic carbocycles. The number of anilines is 2. The van der Waals surface area contributed by atoms with Gasteiger partial charge in [-0.05, 0) is 42.3 Å². The van der Waals surface area contributed by atoms with Gasteiger partial charge >= 0.3 is 0 Å². The van der Waals surface area contributed by atoms with Gasteiger partial charge in [0.2, 0.25) is 0 Å². The van der Waals surface area contributed by atoms with Crippen LogP contribution >= 0.6 is 23.2 Å². The summed E-state index contributed by atoms with van der Waals surface area (Å²) in [6.07, 6.45) is 0.729. The highest BCUT2D eigenvalue weighted by atomic mass is 35.5. The Morgan fingerprint density at radius 2 is 1.89 bits per heavy atom. The van der Waals surface area contributed by atoms with Gasteiger partial charge < -0.3 is 11.1 Å². The Hall–Kier alpha value is -1.45. The van der Waals surface area contributed by atoms with Crippen molar-refractivity contribution >= 4 is 34.6 Å². The molecule has 0 aromatic heterocycles. The van der Waals surface area contributed by atoms with Crippen LogP contribution in [0.5, 0.6) is 0 Å². The molecule has 0 saturated heterocycles. The number of nitrogen functional groups attached to an aromatic ring is 1. The van der Waals surface area contributed by atoms with Crippen LogP contribution in [-0.4, -0.2) is 6.54 Å². The lowest BCUT2D eigenvalue weighted by molar-refractivity contribution is 0.628. The first-order chi connectivity index (χ1) is 9.06. The van der Waals surface area contributed by atoms with Gasteiger partial charge in [-0.15, -0.1) is 0 Å². The van der Waals surface area contributed by atoms with Gasteiger partial charge in [0, 0.05) is 16.6 Å². The van der Waals surface area contributed by atoms with Gasteiger partial charge in [-0.2, -0.15) is 0 Å². The molecule has 0 amide bonds. The number of hydrogen-bond donors (Lipinski definition) is 2. The van der Waals surface area contributed by atoms with Crippen molar-refractivity contribution in [2.45, 2.75) is 6.42 Å². The van der Waals surface area contributed by atoms with E-state index >= 15 is 0 Å². The summed E-state index contributed by atoms with van der Waals surface area (Å²) in [5.74, 6) is -0.344. The maximum absolute atomic E-state index is 12.9. The molecular weight excluding hydrogens is 286 g/mol. The molecule has 0 aliphatic heterocycles. The van der Waals surface area contributed by atoms with Crippen LogP contribution in [0.15, 0.2) is 36.4 Å². The highest BCUT2D eigenvalue weighted by molar-refractivity contribution is 6.35. The molecule has 0 bridgehead atoms. The number of nitrogens with one attached hydrogen (secondary N) is 1. The Morgan fingerprint density at radius 3 is 2.58 bits per heavy atom. The molecule has 2 aromatic carbocycles. The molecule has 0 spiro atoms. The second kappa shape index (κ2) is 6.13. The maximum atomic E-state index is 12.9. The van der Waals surface area contributed by atoms with Crippen LogP contribution in [0.1, 0.15) is 5.56 Å². The molecule has 3 N–H and O–H groups in total. The fourth-order valence-corrected chi connectivity index (χ4v) is 2.25. The lowest BCUT2D eigenvalue weighted by Gasteiger charge is -2.10. The summed E-state index contributed by atoms with van der Waals surface area (Å²) in [5.41, 5.74) is 7.81. The van der Waals surface area contributed by atoms with Gasteiger partial charge in [-0.1, -0.05) is 29.3 Å². The van der Waals surface area contributed by atoms with E-state index in [1.165, 1.54) is 12.1 Å². The summed E-state index contributed by atoms with van der Waals surface area (Å²) >= 11 is 11.9. The van der Waals surface area contributed by atoms with Crippen LogP contribution in [0.4, 0.5) is 15.8 Å². The molecule has 2 aromatic rings. The Kier molecular flexibility index (Phi) is 4.51. The molecule has 2 nitrogen and oxygen atoms in total. The largest absolute Gasteiger partial charge is 0.397 e. The summed E-state index contributed by atoms with van der Waals surface area (Å²) in [7, 11) is 0. The first-order valence-corrected chi connectivity index (χ1v) is 6.54. The van der Waals surface area contributed by atoms with Crippen LogP contribution in [-0.2, 0) is 6.42 Å². The second-order valence-electron chi connectivity index (χ2n) is 4.14. The number of benzene rings is 2. The van der Waals surface area contributed by atoms with Crippen LogP contribution in [0.3, 0.4) is 0 Å². The molecule has 0 saturated carbocycles. The van der Waals surface area contributed by atoms with Crippen LogP contribution in [0.2, 0.25) is 10.0 Å². The van der Waals surface area contributed by atoms with Crippen molar-refractivity contribution in [1.29, 1.82) is 0 Å². The minimum absolute atomic E-state index is 0.344. The highest BCUT2D eigenvalue weighted by Crippen LogP contribution is 2.22. The minimum Gasteiger partial charge on any atom is -0.397 e. The first-order valence-electron chi connectivity index (χ1n) is 5.79. The summed E-state index contributed by atoms with van der Waals surface area (Å²) in [6.45, 7) is 0.650. The van der Waals surface area contributed by atoms with Gasteiger partial charge in [-0.3, -0.25) is 0 Å². The molecule has 0 heterocycles. The Balaban J connectivity index is 1.96. The van der Waals surface area contributed by atoms with Gasteiger partial charge in [0.05, 0.1) is 11.4 Å². The van der Waals surface area contributed by atoms with Crippen molar-refractivity contribution in [2.24, 2.45) is 0 Å². The molecule has 0 radical (unpaired) electrons. The Bertz CT molecular complexity index is 536. The summed E-state index contributed by atoms with van der Waals surface area (Å²) in [6, 6.07) is 9.68. The number of rotatable bonds is 4. The Labute approximate surface area is 121 Å². The van der Waals surface area contributed by atoms with Crippen LogP contribution < -0.4 is 11.1 Å². The van der Waals surface area contributed by atoms with E-state index in [1.54, 1.807) is 18.2 Å². The average molecular weight is 299 g/mol. The highest BCUT2D eigenvalue weighted by Gasteiger charge is 2.03. The first kappa shape index (κ1) is 14.0. The van der Waals surface area contributed by atoms with Crippen LogP contribution in [0.25, 0.3) is 0 Å². The molecule has 100 valence electrons. The maximum Gasteiger partial charge on any atom is 0.125 e. The fourth-order valence-electron chi connectivity index (χ4n) is 1.75. The Morgan fingerprint density at radius 1 is 1.11 bits per heavy atom. The van der Waals surface area contributed by atoms with Gasteiger partial charge in [0.1, 0.15) is 5.82 Å². The fraction of sp³-hybridized carbons (Fsp3) is 0.143. The summed E-state index contributed by atoms with van der Waals surface area (Å²) in [4.78, 5) is 0. The van der Waals surface area contributed by atoms with Crippen molar-refractivity contribution in [3.8, 4) is 0 Å². The van der Waals surface area contributed by atoms with E-state index in [4.69, 9.17) is 28.9 Å². The number of hydrogen-bond acceptors (Lipinski definition) is 2. The van der Waals surface area contributed by atoms with E-state index in [9.17, 15) is 4.39 Å². The molecular formula is C14H13Cl2FN2. The third kappa shape index (κ3) is 3.75.